The second kappa shape index (κ2) is 6.46. The third-order valence-corrected chi connectivity index (χ3v) is 4.76. The Bertz CT molecular complexity index is 526. The zero-order valence-electron chi connectivity index (χ0n) is 13.5. The van der Waals surface area contributed by atoms with Crippen LogP contribution < -0.4 is 5.32 Å². The van der Waals surface area contributed by atoms with Crippen molar-refractivity contribution in [1.82, 2.24) is 0 Å². The van der Waals surface area contributed by atoms with Crippen molar-refractivity contribution in [3.63, 3.8) is 0 Å². The Hall–Kier alpha value is -1.58. The monoisotopic (exact) mass is 290 g/mol. The van der Waals surface area contributed by atoms with Crippen molar-refractivity contribution >= 4 is 11.4 Å². The van der Waals surface area contributed by atoms with Gasteiger partial charge in [0.1, 0.15) is 0 Å². The van der Waals surface area contributed by atoms with Crippen LogP contribution >= 0.6 is 0 Å². The summed E-state index contributed by atoms with van der Waals surface area (Å²) < 4.78 is 0. The van der Waals surface area contributed by atoms with Gasteiger partial charge < -0.3 is 5.32 Å². The van der Waals surface area contributed by atoms with Gasteiger partial charge in [-0.15, -0.1) is 0 Å². The lowest BCUT2D eigenvalue weighted by molar-refractivity contribution is -0.385. The summed E-state index contributed by atoms with van der Waals surface area (Å²) in [6, 6.07) is 4.10. The number of benzene rings is 1. The van der Waals surface area contributed by atoms with Gasteiger partial charge in [-0.3, -0.25) is 10.1 Å². The smallest absolute Gasteiger partial charge is 0.272 e. The topological polar surface area (TPSA) is 55.2 Å². The van der Waals surface area contributed by atoms with Crippen LogP contribution in [0.1, 0.15) is 50.7 Å². The van der Waals surface area contributed by atoms with Crippen LogP contribution in [0.2, 0.25) is 0 Å². The molecule has 0 heterocycles. The fourth-order valence-corrected chi connectivity index (χ4v) is 3.49. The van der Waals surface area contributed by atoms with Crippen molar-refractivity contribution in [2.24, 2.45) is 11.8 Å². The van der Waals surface area contributed by atoms with E-state index in [1.807, 2.05) is 19.9 Å². The first-order chi connectivity index (χ1) is 9.90. The van der Waals surface area contributed by atoms with E-state index in [0.717, 1.165) is 16.8 Å². The van der Waals surface area contributed by atoms with Crippen LogP contribution in [0.3, 0.4) is 0 Å². The molecule has 2 unspecified atom stereocenters. The van der Waals surface area contributed by atoms with E-state index in [0.29, 0.717) is 17.9 Å². The Kier molecular flexibility index (Phi) is 4.86. The van der Waals surface area contributed by atoms with E-state index < -0.39 is 0 Å². The number of anilines is 1. The highest BCUT2D eigenvalue weighted by atomic mass is 16.6. The Balaban J connectivity index is 2.22. The Labute approximate surface area is 127 Å². The van der Waals surface area contributed by atoms with Gasteiger partial charge in [0, 0.05) is 23.4 Å². The van der Waals surface area contributed by atoms with Crippen LogP contribution in [0.15, 0.2) is 12.1 Å². The summed E-state index contributed by atoms with van der Waals surface area (Å²) >= 11 is 0. The number of hydrogen-bond donors (Lipinski definition) is 1. The third kappa shape index (κ3) is 3.55. The number of nitro benzene ring substituents is 1. The van der Waals surface area contributed by atoms with Gasteiger partial charge in [-0.25, -0.2) is 0 Å². The first-order valence-electron chi connectivity index (χ1n) is 7.92. The van der Waals surface area contributed by atoms with Gasteiger partial charge in [0.15, 0.2) is 0 Å². The quantitative estimate of drug-likeness (QED) is 0.637. The predicted octanol–water partition coefficient (Wildman–Crippen LogP) is 4.84. The van der Waals surface area contributed by atoms with Crippen LogP contribution in [-0.4, -0.2) is 11.0 Å². The summed E-state index contributed by atoms with van der Waals surface area (Å²) in [4.78, 5) is 10.7. The van der Waals surface area contributed by atoms with Gasteiger partial charge in [0.05, 0.1) is 4.92 Å². The molecule has 0 spiro atoms. The van der Waals surface area contributed by atoms with E-state index in [1.165, 1.54) is 25.7 Å². The van der Waals surface area contributed by atoms with Crippen LogP contribution in [0.25, 0.3) is 0 Å². The summed E-state index contributed by atoms with van der Waals surface area (Å²) in [6.07, 6.45) is 5.06. The highest BCUT2D eigenvalue weighted by Gasteiger charge is 2.28. The highest BCUT2D eigenvalue weighted by Crippen LogP contribution is 2.34. The summed E-state index contributed by atoms with van der Waals surface area (Å²) in [6.45, 7) is 8.34. The molecule has 0 radical (unpaired) electrons. The molecule has 1 fully saturated rings. The fraction of sp³-hybridized carbons (Fsp3) is 0.647. The lowest BCUT2D eigenvalue weighted by atomic mass is 9.77. The van der Waals surface area contributed by atoms with Crippen LogP contribution in [0.5, 0.6) is 0 Å². The highest BCUT2D eigenvalue weighted by molar-refractivity contribution is 5.59. The molecule has 0 bridgehead atoms. The van der Waals surface area contributed by atoms with E-state index in [4.69, 9.17) is 0 Å². The largest absolute Gasteiger partial charge is 0.382 e. The maximum absolute atomic E-state index is 11.0. The molecule has 0 saturated heterocycles. The van der Waals surface area contributed by atoms with Crippen molar-refractivity contribution in [3.05, 3.63) is 33.4 Å². The van der Waals surface area contributed by atoms with Gasteiger partial charge in [0.25, 0.3) is 5.69 Å². The molecule has 1 saturated carbocycles. The van der Waals surface area contributed by atoms with Crippen LogP contribution in [0, 0.1) is 35.8 Å². The molecule has 0 aliphatic heterocycles. The Morgan fingerprint density at radius 1 is 1.19 bits per heavy atom. The standard InChI is InChI=1S/C17H26N2O2/c1-11(2)14-7-5-6-8-15(14)18-16-9-13(4)17(19(20)21)10-12(16)3/h9-11,14-15,18H,5-8H2,1-4H3. The average Bonchev–Trinajstić information content (AvgIpc) is 2.42. The molecule has 21 heavy (non-hydrogen) atoms. The number of aryl methyl sites for hydroxylation is 2. The zero-order valence-corrected chi connectivity index (χ0v) is 13.5. The maximum atomic E-state index is 11.0. The second-order valence-corrected chi connectivity index (χ2v) is 6.65. The first-order valence-corrected chi connectivity index (χ1v) is 7.92. The minimum Gasteiger partial charge on any atom is -0.382 e. The van der Waals surface area contributed by atoms with E-state index in [9.17, 15) is 10.1 Å². The SMILES string of the molecule is Cc1cc([N+](=O)[O-])c(C)cc1NC1CCCCC1C(C)C. The maximum Gasteiger partial charge on any atom is 0.272 e. The lowest BCUT2D eigenvalue weighted by Gasteiger charge is -2.36. The van der Waals surface area contributed by atoms with E-state index in [1.54, 1.807) is 6.07 Å². The molecule has 4 heteroatoms. The second-order valence-electron chi connectivity index (χ2n) is 6.65. The zero-order chi connectivity index (χ0) is 15.6. The van der Waals surface area contributed by atoms with E-state index in [2.05, 4.69) is 19.2 Å². The molecule has 1 aromatic carbocycles. The van der Waals surface area contributed by atoms with Crippen LogP contribution in [-0.2, 0) is 0 Å². The summed E-state index contributed by atoms with van der Waals surface area (Å²) in [5.74, 6) is 1.36. The fourth-order valence-electron chi connectivity index (χ4n) is 3.49. The molecule has 1 aliphatic carbocycles. The molecular weight excluding hydrogens is 264 g/mol. The third-order valence-electron chi connectivity index (χ3n) is 4.76. The molecule has 116 valence electrons. The van der Waals surface area contributed by atoms with Crippen molar-refractivity contribution in [2.75, 3.05) is 5.32 Å². The number of nitrogens with one attached hydrogen (secondary N) is 1. The molecule has 2 rings (SSSR count). The average molecular weight is 290 g/mol. The summed E-state index contributed by atoms with van der Waals surface area (Å²) in [7, 11) is 0. The molecule has 1 aliphatic rings. The minimum atomic E-state index is -0.302. The predicted molar refractivity (Wildman–Crippen MR) is 86.8 cm³/mol. The van der Waals surface area contributed by atoms with Gasteiger partial charge in [-0.05, 0) is 50.2 Å². The van der Waals surface area contributed by atoms with Crippen molar-refractivity contribution in [1.29, 1.82) is 0 Å². The van der Waals surface area contributed by atoms with Crippen LogP contribution in [0.4, 0.5) is 11.4 Å². The molecular formula is C17H26N2O2. The summed E-state index contributed by atoms with van der Waals surface area (Å²) in [5, 5.41) is 14.7. The van der Waals surface area contributed by atoms with E-state index >= 15 is 0 Å². The van der Waals surface area contributed by atoms with Crippen molar-refractivity contribution < 1.29 is 4.92 Å². The normalized spacial score (nSPS) is 22.3. The Morgan fingerprint density at radius 3 is 2.48 bits per heavy atom. The van der Waals surface area contributed by atoms with Gasteiger partial charge >= 0.3 is 0 Å². The molecule has 0 amide bonds. The minimum absolute atomic E-state index is 0.210. The number of hydrogen-bond acceptors (Lipinski definition) is 3. The van der Waals surface area contributed by atoms with Gasteiger partial charge in [0.2, 0.25) is 0 Å². The first kappa shape index (κ1) is 15.8. The molecule has 2 atom stereocenters. The Morgan fingerprint density at radius 2 is 1.86 bits per heavy atom. The number of nitro groups is 1. The molecule has 1 aromatic rings. The number of nitrogens with zero attached hydrogens (tertiary/aromatic N) is 1. The lowest BCUT2D eigenvalue weighted by Crippen LogP contribution is -2.35. The summed E-state index contributed by atoms with van der Waals surface area (Å²) in [5.41, 5.74) is 2.95. The molecule has 1 N–H and O–H groups in total. The van der Waals surface area contributed by atoms with Crippen molar-refractivity contribution in [2.45, 2.75) is 59.4 Å². The molecule has 0 aromatic heterocycles. The van der Waals surface area contributed by atoms with Gasteiger partial charge in [-0.2, -0.15) is 0 Å². The van der Waals surface area contributed by atoms with E-state index in [-0.39, 0.29) is 10.6 Å². The number of rotatable bonds is 4. The van der Waals surface area contributed by atoms with Gasteiger partial charge in [-0.1, -0.05) is 26.7 Å². The van der Waals surface area contributed by atoms with Crippen molar-refractivity contribution in [3.8, 4) is 0 Å². The molecule has 4 nitrogen and oxygen atoms in total.